The molecule has 0 radical (unpaired) electrons. The van der Waals surface area contributed by atoms with Crippen molar-refractivity contribution in [2.24, 2.45) is 0 Å². The highest BCUT2D eigenvalue weighted by Crippen LogP contribution is 2.06. The van der Waals surface area contributed by atoms with Gasteiger partial charge in [-0.15, -0.1) is 0 Å². The molecule has 0 spiro atoms. The Morgan fingerprint density at radius 3 is 3.00 bits per heavy atom. The monoisotopic (exact) mass is 239 g/mol. The average molecular weight is 239 g/mol. The molecular formula is C11H17N3OS. The lowest BCUT2D eigenvalue weighted by Crippen LogP contribution is -2.34. The van der Waals surface area contributed by atoms with Crippen LogP contribution in [0.25, 0.3) is 0 Å². The second-order valence-electron chi connectivity index (χ2n) is 3.51. The van der Waals surface area contributed by atoms with E-state index in [1.165, 1.54) is 0 Å². The van der Waals surface area contributed by atoms with E-state index in [0.717, 1.165) is 5.75 Å². The summed E-state index contributed by atoms with van der Waals surface area (Å²) in [5.41, 5.74) is 0.632. The first-order valence-electron chi connectivity index (χ1n) is 5.11. The minimum Gasteiger partial charge on any atom is -0.373 e. The van der Waals surface area contributed by atoms with Crippen molar-refractivity contribution >= 4 is 23.5 Å². The summed E-state index contributed by atoms with van der Waals surface area (Å²) in [6, 6.07) is 3.62. The highest BCUT2D eigenvalue weighted by Gasteiger charge is 2.09. The van der Waals surface area contributed by atoms with Crippen molar-refractivity contribution in [3.8, 4) is 0 Å². The Morgan fingerprint density at radius 1 is 1.62 bits per heavy atom. The van der Waals surface area contributed by atoms with Gasteiger partial charge in [0.1, 0.15) is 5.82 Å². The topological polar surface area (TPSA) is 54.0 Å². The van der Waals surface area contributed by atoms with Gasteiger partial charge in [-0.2, -0.15) is 11.8 Å². The Kier molecular flexibility index (Phi) is 5.11. The smallest absolute Gasteiger partial charge is 0.251 e. The predicted molar refractivity (Wildman–Crippen MR) is 69.1 cm³/mol. The standard InChI is InChI=1S/C11H17N3OS/c1-8(7-16-3)14-11(15)9-4-5-13-10(6-9)12-2/h4-6,8H,7H2,1-3H3,(H,12,13)(H,14,15). The van der Waals surface area contributed by atoms with Gasteiger partial charge < -0.3 is 10.6 Å². The fourth-order valence-corrected chi connectivity index (χ4v) is 1.89. The Hall–Kier alpha value is -1.23. The molecule has 1 unspecified atom stereocenters. The van der Waals surface area contributed by atoms with E-state index < -0.39 is 0 Å². The maximum Gasteiger partial charge on any atom is 0.251 e. The first-order valence-corrected chi connectivity index (χ1v) is 6.50. The molecule has 0 saturated carbocycles. The molecule has 1 aromatic rings. The summed E-state index contributed by atoms with van der Waals surface area (Å²) in [5.74, 6) is 1.56. The van der Waals surface area contributed by atoms with E-state index >= 15 is 0 Å². The van der Waals surface area contributed by atoms with Gasteiger partial charge >= 0.3 is 0 Å². The van der Waals surface area contributed by atoms with Crippen molar-refractivity contribution in [3.05, 3.63) is 23.9 Å². The highest BCUT2D eigenvalue weighted by molar-refractivity contribution is 7.98. The van der Waals surface area contributed by atoms with Gasteiger partial charge in [0.05, 0.1) is 0 Å². The first-order chi connectivity index (χ1) is 7.67. The molecular weight excluding hydrogens is 222 g/mol. The largest absolute Gasteiger partial charge is 0.373 e. The van der Waals surface area contributed by atoms with Crippen LogP contribution in [0.5, 0.6) is 0 Å². The van der Waals surface area contributed by atoms with Crippen LogP contribution < -0.4 is 10.6 Å². The molecule has 5 heteroatoms. The number of anilines is 1. The van der Waals surface area contributed by atoms with Crippen LogP contribution in [-0.4, -0.2) is 36.0 Å². The van der Waals surface area contributed by atoms with Crippen molar-refractivity contribution in [1.29, 1.82) is 0 Å². The number of rotatable bonds is 5. The Labute approximate surface area is 100 Å². The number of nitrogens with one attached hydrogen (secondary N) is 2. The van der Waals surface area contributed by atoms with Gasteiger partial charge in [-0.25, -0.2) is 4.98 Å². The molecule has 0 fully saturated rings. The minimum atomic E-state index is -0.0551. The SMILES string of the molecule is CNc1cc(C(=O)NC(C)CSC)ccn1. The zero-order chi connectivity index (χ0) is 12.0. The molecule has 0 saturated heterocycles. The van der Waals surface area contributed by atoms with Crippen LogP contribution in [0.2, 0.25) is 0 Å². The zero-order valence-electron chi connectivity index (χ0n) is 9.78. The number of pyridine rings is 1. The number of carbonyl (C=O) groups is 1. The molecule has 1 heterocycles. The third kappa shape index (κ3) is 3.73. The first kappa shape index (κ1) is 12.8. The van der Waals surface area contributed by atoms with Crippen molar-refractivity contribution < 1.29 is 4.79 Å². The van der Waals surface area contributed by atoms with Crippen molar-refractivity contribution in [1.82, 2.24) is 10.3 Å². The molecule has 1 aromatic heterocycles. The molecule has 0 aliphatic carbocycles. The quantitative estimate of drug-likeness (QED) is 0.819. The third-order valence-electron chi connectivity index (χ3n) is 2.07. The number of carbonyl (C=O) groups excluding carboxylic acids is 1. The fourth-order valence-electron chi connectivity index (χ4n) is 1.31. The van der Waals surface area contributed by atoms with Crippen molar-refractivity contribution in [2.75, 3.05) is 24.4 Å². The summed E-state index contributed by atoms with van der Waals surface area (Å²) in [4.78, 5) is 15.9. The summed E-state index contributed by atoms with van der Waals surface area (Å²) in [7, 11) is 1.78. The minimum absolute atomic E-state index is 0.0551. The molecule has 0 bridgehead atoms. The molecule has 4 nitrogen and oxygen atoms in total. The van der Waals surface area contributed by atoms with Gasteiger partial charge in [0.2, 0.25) is 0 Å². The summed E-state index contributed by atoms with van der Waals surface area (Å²) < 4.78 is 0. The lowest BCUT2D eigenvalue weighted by Gasteiger charge is -2.12. The molecule has 1 atom stereocenters. The number of amides is 1. The van der Waals surface area contributed by atoms with E-state index in [9.17, 15) is 4.79 Å². The number of aromatic nitrogens is 1. The highest BCUT2D eigenvalue weighted by atomic mass is 32.2. The van der Waals surface area contributed by atoms with Gasteiger partial charge in [0.15, 0.2) is 0 Å². The molecule has 0 aromatic carbocycles. The molecule has 0 aliphatic rings. The van der Waals surface area contributed by atoms with Gasteiger partial charge in [0.25, 0.3) is 5.91 Å². The van der Waals surface area contributed by atoms with Crippen LogP contribution in [0.15, 0.2) is 18.3 Å². The van der Waals surface area contributed by atoms with Crippen LogP contribution in [0.1, 0.15) is 17.3 Å². The third-order valence-corrected chi connectivity index (χ3v) is 2.91. The van der Waals surface area contributed by atoms with E-state index in [2.05, 4.69) is 15.6 Å². The molecule has 88 valence electrons. The maximum absolute atomic E-state index is 11.8. The van der Waals surface area contributed by atoms with Gasteiger partial charge in [-0.1, -0.05) is 0 Å². The molecule has 1 amide bonds. The van der Waals surface area contributed by atoms with E-state index in [1.54, 1.807) is 37.1 Å². The molecule has 2 N–H and O–H groups in total. The van der Waals surface area contributed by atoms with E-state index in [4.69, 9.17) is 0 Å². The van der Waals surface area contributed by atoms with E-state index in [0.29, 0.717) is 11.4 Å². The lowest BCUT2D eigenvalue weighted by atomic mass is 10.2. The van der Waals surface area contributed by atoms with E-state index in [1.807, 2.05) is 13.2 Å². The number of hydrogen-bond acceptors (Lipinski definition) is 4. The summed E-state index contributed by atoms with van der Waals surface area (Å²) in [6.07, 6.45) is 3.65. The Bertz CT molecular complexity index is 357. The maximum atomic E-state index is 11.8. The Balaban J connectivity index is 2.65. The van der Waals surface area contributed by atoms with Gasteiger partial charge in [0, 0.05) is 30.6 Å². The predicted octanol–water partition coefficient (Wildman–Crippen LogP) is 1.60. The zero-order valence-corrected chi connectivity index (χ0v) is 10.6. The van der Waals surface area contributed by atoms with Crippen LogP contribution in [0.4, 0.5) is 5.82 Å². The van der Waals surface area contributed by atoms with Crippen LogP contribution in [-0.2, 0) is 0 Å². The molecule has 0 aliphatic heterocycles. The second-order valence-corrected chi connectivity index (χ2v) is 4.42. The Morgan fingerprint density at radius 2 is 2.38 bits per heavy atom. The van der Waals surface area contributed by atoms with Gasteiger partial charge in [-0.3, -0.25) is 4.79 Å². The average Bonchev–Trinajstić information content (AvgIpc) is 2.29. The van der Waals surface area contributed by atoms with Crippen LogP contribution in [0.3, 0.4) is 0 Å². The lowest BCUT2D eigenvalue weighted by molar-refractivity contribution is 0.0943. The van der Waals surface area contributed by atoms with Gasteiger partial charge in [-0.05, 0) is 25.3 Å². The van der Waals surface area contributed by atoms with Crippen molar-refractivity contribution in [2.45, 2.75) is 13.0 Å². The fraction of sp³-hybridized carbons (Fsp3) is 0.455. The van der Waals surface area contributed by atoms with Crippen molar-refractivity contribution in [3.63, 3.8) is 0 Å². The molecule has 1 rings (SSSR count). The van der Waals surface area contributed by atoms with Crippen LogP contribution >= 0.6 is 11.8 Å². The summed E-state index contributed by atoms with van der Waals surface area (Å²) >= 11 is 1.72. The summed E-state index contributed by atoms with van der Waals surface area (Å²) in [6.45, 7) is 1.99. The normalized spacial score (nSPS) is 11.9. The van der Waals surface area contributed by atoms with E-state index in [-0.39, 0.29) is 11.9 Å². The molecule has 16 heavy (non-hydrogen) atoms. The van der Waals surface area contributed by atoms with Crippen LogP contribution in [0, 0.1) is 0 Å². The number of thioether (sulfide) groups is 1. The number of nitrogens with zero attached hydrogens (tertiary/aromatic N) is 1. The summed E-state index contributed by atoms with van der Waals surface area (Å²) in [5, 5.41) is 5.84. The number of hydrogen-bond donors (Lipinski definition) is 2. The second kappa shape index (κ2) is 6.37.